The van der Waals surface area contributed by atoms with E-state index in [1.54, 1.807) is 0 Å². The van der Waals surface area contributed by atoms with E-state index in [0.717, 1.165) is 25.3 Å². The average molecular weight is 314 g/mol. The number of amides is 1. The van der Waals surface area contributed by atoms with Crippen molar-refractivity contribution in [2.75, 3.05) is 5.73 Å². The molecule has 116 valence electrons. The Labute approximate surface area is 128 Å². The molecular weight excluding hydrogens is 294 g/mol. The van der Waals surface area contributed by atoms with E-state index in [1.807, 2.05) is 20.8 Å². The van der Waals surface area contributed by atoms with Crippen molar-refractivity contribution in [3.05, 3.63) is 32.8 Å². The zero-order chi connectivity index (χ0) is 16.2. The fourth-order valence-electron chi connectivity index (χ4n) is 2.21. The van der Waals surface area contributed by atoms with Gasteiger partial charge in [0.2, 0.25) is 0 Å². The standard InChI is InChI=1S/C14H20ClN3O3/c1-4-14(5-2,6-3)17-13(19)9-7-10(15)12(16)11(8-9)18(20)21/h7-8H,4-6,16H2,1-3H3,(H,17,19). The summed E-state index contributed by atoms with van der Waals surface area (Å²) in [4.78, 5) is 22.6. The molecule has 0 heterocycles. The predicted octanol–water partition coefficient (Wildman–Crippen LogP) is 3.53. The third kappa shape index (κ3) is 3.64. The highest BCUT2D eigenvalue weighted by atomic mass is 35.5. The first-order valence-corrected chi connectivity index (χ1v) is 7.24. The Kier molecular flexibility index (Phi) is 5.54. The van der Waals surface area contributed by atoms with Crippen LogP contribution in [0, 0.1) is 10.1 Å². The second-order valence-corrected chi connectivity index (χ2v) is 5.35. The number of hydrogen-bond acceptors (Lipinski definition) is 4. The van der Waals surface area contributed by atoms with Crippen molar-refractivity contribution in [3.63, 3.8) is 0 Å². The summed E-state index contributed by atoms with van der Waals surface area (Å²) in [5.74, 6) is -0.384. The van der Waals surface area contributed by atoms with Gasteiger partial charge in [-0.1, -0.05) is 32.4 Å². The molecule has 0 aliphatic heterocycles. The molecule has 0 aromatic heterocycles. The molecule has 0 aliphatic rings. The van der Waals surface area contributed by atoms with Crippen LogP contribution in [0.4, 0.5) is 11.4 Å². The number of carbonyl (C=O) groups is 1. The van der Waals surface area contributed by atoms with Crippen molar-refractivity contribution in [1.29, 1.82) is 0 Å². The fourth-order valence-corrected chi connectivity index (χ4v) is 2.43. The Morgan fingerprint density at radius 2 is 1.86 bits per heavy atom. The van der Waals surface area contributed by atoms with E-state index in [-0.39, 0.29) is 33.4 Å². The van der Waals surface area contributed by atoms with Gasteiger partial charge in [0.1, 0.15) is 5.69 Å². The Balaban J connectivity index is 3.17. The van der Waals surface area contributed by atoms with Gasteiger partial charge in [0, 0.05) is 17.2 Å². The number of halogens is 1. The fraction of sp³-hybridized carbons (Fsp3) is 0.500. The molecule has 0 aliphatic carbocycles. The lowest BCUT2D eigenvalue weighted by Gasteiger charge is -2.31. The highest BCUT2D eigenvalue weighted by Gasteiger charge is 2.27. The van der Waals surface area contributed by atoms with Crippen LogP contribution in [0.2, 0.25) is 5.02 Å². The number of hydrogen-bond donors (Lipinski definition) is 2. The Hall–Kier alpha value is -1.82. The number of nitro groups is 1. The number of benzene rings is 1. The number of nitrogens with one attached hydrogen (secondary N) is 1. The van der Waals surface area contributed by atoms with Crippen LogP contribution in [0.5, 0.6) is 0 Å². The molecule has 0 saturated heterocycles. The van der Waals surface area contributed by atoms with E-state index in [9.17, 15) is 14.9 Å². The summed E-state index contributed by atoms with van der Waals surface area (Å²) in [7, 11) is 0. The van der Waals surface area contributed by atoms with Gasteiger partial charge in [0.15, 0.2) is 0 Å². The molecule has 0 fully saturated rings. The lowest BCUT2D eigenvalue weighted by molar-refractivity contribution is -0.383. The van der Waals surface area contributed by atoms with E-state index < -0.39 is 4.92 Å². The largest absolute Gasteiger partial charge is 0.392 e. The van der Waals surface area contributed by atoms with Gasteiger partial charge in [0.25, 0.3) is 11.6 Å². The highest BCUT2D eigenvalue weighted by Crippen LogP contribution is 2.31. The normalized spacial score (nSPS) is 11.2. The number of anilines is 1. The maximum Gasteiger partial charge on any atom is 0.294 e. The SMILES string of the molecule is CCC(CC)(CC)NC(=O)c1cc(Cl)c(N)c([N+](=O)[O-])c1. The van der Waals surface area contributed by atoms with Gasteiger partial charge in [-0.05, 0) is 25.3 Å². The molecule has 7 heteroatoms. The van der Waals surface area contributed by atoms with Gasteiger partial charge in [-0.15, -0.1) is 0 Å². The summed E-state index contributed by atoms with van der Waals surface area (Å²) in [5.41, 5.74) is 4.88. The predicted molar refractivity (Wildman–Crippen MR) is 83.6 cm³/mol. The molecular formula is C14H20ClN3O3. The first kappa shape index (κ1) is 17.2. The summed E-state index contributed by atoms with van der Waals surface area (Å²) in [6.07, 6.45) is 2.32. The summed E-state index contributed by atoms with van der Waals surface area (Å²) in [6.45, 7) is 5.98. The summed E-state index contributed by atoms with van der Waals surface area (Å²) in [5, 5.41) is 13.9. The van der Waals surface area contributed by atoms with Crippen LogP contribution < -0.4 is 11.1 Å². The van der Waals surface area contributed by atoms with E-state index in [4.69, 9.17) is 17.3 Å². The van der Waals surface area contributed by atoms with E-state index in [2.05, 4.69) is 5.32 Å². The molecule has 0 spiro atoms. The maximum absolute atomic E-state index is 12.3. The van der Waals surface area contributed by atoms with Crippen molar-refractivity contribution in [1.82, 2.24) is 5.32 Å². The first-order valence-electron chi connectivity index (χ1n) is 6.86. The van der Waals surface area contributed by atoms with Crippen molar-refractivity contribution >= 4 is 28.9 Å². The Morgan fingerprint density at radius 1 is 1.33 bits per heavy atom. The van der Waals surface area contributed by atoms with Crippen LogP contribution >= 0.6 is 11.6 Å². The molecule has 1 amide bonds. The monoisotopic (exact) mass is 313 g/mol. The first-order chi connectivity index (χ1) is 9.80. The molecule has 0 unspecified atom stereocenters. The lowest BCUT2D eigenvalue weighted by atomic mass is 9.89. The summed E-state index contributed by atoms with van der Waals surface area (Å²) in [6, 6.07) is 2.51. The number of nitrogen functional groups attached to an aromatic ring is 1. The van der Waals surface area contributed by atoms with Crippen molar-refractivity contribution < 1.29 is 9.72 Å². The molecule has 0 saturated carbocycles. The van der Waals surface area contributed by atoms with E-state index >= 15 is 0 Å². The van der Waals surface area contributed by atoms with Gasteiger partial charge in [-0.2, -0.15) is 0 Å². The van der Waals surface area contributed by atoms with Gasteiger partial charge in [0.05, 0.1) is 9.95 Å². The Bertz CT molecular complexity index is 548. The number of nitro benzene ring substituents is 1. The minimum Gasteiger partial charge on any atom is -0.392 e. The lowest BCUT2D eigenvalue weighted by Crippen LogP contribution is -2.47. The van der Waals surface area contributed by atoms with Crippen LogP contribution in [0.3, 0.4) is 0 Å². The van der Waals surface area contributed by atoms with Crippen LogP contribution in [0.25, 0.3) is 0 Å². The minimum atomic E-state index is -0.648. The third-order valence-electron chi connectivity index (χ3n) is 3.98. The van der Waals surface area contributed by atoms with Crippen molar-refractivity contribution in [2.24, 2.45) is 0 Å². The second kappa shape index (κ2) is 6.76. The van der Waals surface area contributed by atoms with Crippen molar-refractivity contribution in [3.8, 4) is 0 Å². The molecule has 1 rings (SSSR count). The maximum atomic E-state index is 12.3. The number of carbonyl (C=O) groups excluding carboxylic acids is 1. The van der Waals surface area contributed by atoms with Crippen LogP contribution in [0.15, 0.2) is 12.1 Å². The minimum absolute atomic E-state index is 0.00412. The van der Waals surface area contributed by atoms with Crippen LogP contribution in [-0.4, -0.2) is 16.4 Å². The average Bonchev–Trinajstić information content (AvgIpc) is 2.47. The molecule has 0 radical (unpaired) electrons. The van der Waals surface area contributed by atoms with Crippen molar-refractivity contribution in [2.45, 2.75) is 45.6 Å². The van der Waals surface area contributed by atoms with Crippen LogP contribution in [-0.2, 0) is 0 Å². The molecule has 0 atom stereocenters. The number of rotatable bonds is 6. The zero-order valence-electron chi connectivity index (χ0n) is 12.4. The van der Waals surface area contributed by atoms with Gasteiger partial charge >= 0.3 is 0 Å². The Morgan fingerprint density at radius 3 is 2.29 bits per heavy atom. The second-order valence-electron chi connectivity index (χ2n) is 4.94. The van der Waals surface area contributed by atoms with Gasteiger partial charge < -0.3 is 11.1 Å². The number of nitrogens with zero attached hydrogens (tertiary/aromatic N) is 1. The molecule has 21 heavy (non-hydrogen) atoms. The topological polar surface area (TPSA) is 98.3 Å². The third-order valence-corrected chi connectivity index (χ3v) is 4.29. The number of nitrogens with two attached hydrogens (primary N) is 1. The van der Waals surface area contributed by atoms with Gasteiger partial charge in [-0.25, -0.2) is 0 Å². The van der Waals surface area contributed by atoms with Gasteiger partial charge in [-0.3, -0.25) is 14.9 Å². The smallest absolute Gasteiger partial charge is 0.294 e. The highest BCUT2D eigenvalue weighted by molar-refractivity contribution is 6.34. The summed E-state index contributed by atoms with van der Waals surface area (Å²) >= 11 is 5.87. The van der Waals surface area contributed by atoms with Crippen LogP contribution in [0.1, 0.15) is 50.4 Å². The quantitative estimate of drug-likeness (QED) is 0.477. The molecule has 3 N–H and O–H groups in total. The zero-order valence-corrected chi connectivity index (χ0v) is 13.2. The molecule has 0 bridgehead atoms. The van der Waals surface area contributed by atoms with E-state index in [0.29, 0.717) is 0 Å². The van der Waals surface area contributed by atoms with E-state index in [1.165, 1.54) is 6.07 Å². The summed E-state index contributed by atoms with van der Waals surface area (Å²) < 4.78 is 0. The molecule has 6 nitrogen and oxygen atoms in total. The molecule has 1 aromatic rings. The molecule has 1 aromatic carbocycles.